The van der Waals surface area contributed by atoms with Gasteiger partial charge in [-0.05, 0) is 49.7 Å². The Balaban J connectivity index is 0.00000171. The zero-order chi connectivity index (χ0) is 20.1. The van der Waals surface area contributed by atoms with Gasteiger partial charge in [0.1, 0.15) is 24.2 Å². The summed E-state index contributed by atoms with van der Waals surface area (Å²) in [7, 11) is 1.67. The third-order valence-electron chi connectivity index (χ3n) is 5.72. The molecule has 0 aliphatic carbocycles. The molecule has 1 saturated heterocycles. The highest BCUT2D eigenvalue weighted by Gasteiger charge is 2.27. The molecule has 0 aromatic heterocycles. The lowest BCUT2D eigenvalue weighted by Crippen LogP contribution is -2.46. The van der Waals surface area contributed by atoms with Gasteiger partial charge in [-0.25, -0.2) is 0 Å². The van der Waals surface area contributed by atoms with E-state index in [1.54, 1.807) is 18.9 Å². The summed E-state index contributed by atoms with van der Waals surface area (Å²) < 4.78 is 11.1. The molecule has 2 aromatic rings. The van der Waals surface area contributed by atoms with Crippen LogP contribution in [-0.4, -0.2) is 67.8 Å². The van der Waals surface area contributed by atoms with Gasteiger partial charge in [-0.1, -0.05) is 18.2 Å². The highest BCUT2D eigenvalue weighted by Crippen LogP contribution is 2.40. The Labute approximate surface area is 201 Å². The standard InChI is InChI=1S/C23H30N2O3S.2ClH/c1-27-19-9-10-21-23(16-19)29-22(20(26)17-28-21)8-5-11-24-12-14-25(15-13-24)18-6-3-2-4-7-18;;/h2-4,6-7,9-10,16,20,22,26H,5,8,11-15,17H2,1H3;2*1H/t20-,22+;;/m1../s1. The maximum absolute atomic E-state index is 10.5. The van der Waals surface area contributed by atoms with Crippen molar-refractivity contribution < 1.29 is 14.6 Å². The Morgan fingerprint density at radius 3 is 2.52 bits per heavy atom. The number of piperazine rings is 1. The molecule has 2 aliphatic heterocycles. The fourth-order valence-corrected chi connectivity index (χ4v) is 5.26. The van der Waals surface area contributed by atoms with E-state index in [2.05, 4.69) is 40.1 Å². The molecule has 2 heterocycles. The molecule has 0 amide bonds. The van der Waals surface area contributed by atoms with Crippen molar-refractivity contribution >= 4 is 42.3 Å². The molecule has 0 unspecified atom stereocenters. The first-order valence-corrected chi connectivity index (χ1v) is 11.3. The molecule has 1 fully saturated rings. The Hall–Kier alpha value is -1.31. The number of hydrogen-bond acceptors (Lipinski definition) is 6. The molecular formula is C23H32Cl2N2O3S. The van der Waals surface area contributed by atoms with Crippen molar-refractivity contribution in [2.24, 2.45) is 0 Å². The zero-order valence-electron chi connectivity index (χ0n) is 17.8. The number of nitrogens with zero attached hydrogens (tertiary/aromatic N) is 2. The van der Waals surface area contributed by atoms with Gasteiger partial charge in [-0.2, -0.15) is 0 Å². The summed E-state index contributed by atoms with van der Waals surface area (Å²) in [5.74, 6) is 1.67. The smallest absolute Gasteiger partial charge is 0.133 e. The third-order valence-corrected chi connectivity index (χ3v) is 7.15. The maximum Gasteiger partial charge on any atom is 0.133 e. The van der Waals surface area contributed by atoms with Gasteiger partial charge >= 0.3 is 0 Å². The Bertz CT molecular complexity index is 792. The first-order valence-electron chi connectivity index (χ1n) is 10.4. The number of anilines is 1. The van der Waals surface area contributed by atoms with Crippen molar-refractivity contribution in [3.05, 3.63) is 48.5 Å². The summed E-state index contributed by atoms with van der Waals surface area (Å²) >= 11 is 1.72. The van der Waals surface area contributed by atoms with E-state index in [1.807, 2.05) is 18.2 Å². The van der Waals surface area contributed by atoms with Crippen molar-refractivity contribution in [1.82, 2.24) is 4.90 Å². The topological polar surface area (TPSA) is 45.2 Å². The first-order chi connectivity index (χ1) is 14.2. The molecule has 31 heavy (non-hydrogen) atoms. The van der Waals surface area contributed by atoms with Crippen LogP contribution in [0.3, 0.4) is 0 Å². The number of hydrogen-bond donors (Lipinski definition) is 1. The lowest BCUT2D eigenvalue weighted by Gasteiger charge is -2.36. The van der Waals surface area contributed by atoms with Crippen molar-refractivity contribution in [2.75, 3.05) is 51.3 Å². The summed E-state index contributed by atoms with van der Waals surface area (Å²) in [5, 5.41) is 10.7. The molecule has 2 aliphatic rings. The van der Waals surface area contributed by atoms with Gasteiger partial charge in [-0.15, -0.1) is 36.6 Å². The molecule has 5 nitrogen and oxygen atoms in total. The fourth-order valence-electron chi connectivity index (χ4n) is 3.99. The number of rotatable bonds is 6. The molecule has 2 aromatic carbocycles. The largest absolute Gasteiger partial charge is 0.497 e. The predicted octanol–water partition coefficient (Wildman–Crippen LogP) is 4.36. The van der Waals surface area contributed by atoms with E-state index in [4.69, 9.17) is 9.47 Å². The van der Waals surface area contributed by atoms with Crippen LogP contribution >= 0.6 is 36.6 Å². The van der Waals surface area contributed by atoms with Crippen LogP contribution in [0, 0.1) is 0 Å². The Morgan fingerprint density at radius 1 is 1.06 bits per heavy atom. The van der Waals surface area contributed by atoms with Crippen molar-refractivity contribution in [3.63, 3.8) is 0 Å². The average Bonchev–Trinajstić information content (AvgIpc) is 2.93. The van der Waals surface area contributed by atoms with Crippen LogP contribution in [0.25, 0.3) is 0 Å². The molecule has 0 radical (unpaired) electrons. The number of thioether (sulfide) groups is 1. The van der Waals surface area contributed by atoms with E-state index in [0.717, 1.165) is 62.0 Å². The van der Waals surface area contributed by atoms with E-state index in [-0.39, 0.29) is 30.1 Å². The quantitative estimate of drug-likeness (QED) is 0.654. The Kier molecular flexibility index (Phi) is 10.6. The molecule has 0 spiro atoms. The van der Waals surface area contributed by atoms with Gasteiger partial charge < -0.3 is 19.5 Å². The second-order valence-electron chi connectivity index (χ2n) is 7.65. The molecular weight excluding hydrogens is 455 g/mol. The Morgan fingerprint density at radius 2 is 1.81 bits per heavy atom. The van der Waals surface area contributed by atoms with Crippen LogP contribution in [-0.2, 0) is 0 Å². The van der Waals surface area contributed by atoms with Gasteiger partial charge in [-0.3, -0.25) is 4.90 Å². The molecule has 4 rings (SSSR count). The zero-order valence-corrected chi connectivity index (χ0v) is 20.3. The monoisotopic (exact) mass is 486 g/mol. The van der Waals surface area contributed by atoms with Gasteiger partial charge in [0, 0.05) is 37.1 Å². The number of fused-ring (bicyclic) bond motifs is 1. The highest BCUT2D eigenvalue weighted by atomic mass is 35.5. The third kappa shape index (κ3) is 6.83. The highest BCUT2D eigenvalue weighted by molar-refractivity contribution is 8.00. The summed E-state index contributed by atoms with van der Waals surface area (Å²) in [5.41, 5.74) is 1.32. The van der Waals surface area contributed by atoms with Crippen molar-refractivity contribution in [1.29, 1.82) is 0 Å². The maximum atomic E-state index is 10.5. The SMILES string of the molecule is COc1ccc2c(c1)S[C@@H](CCCN1CCN(c3ccccc3)CC1)[C@H](O)CO2.Cl.Cl. The molecule has 8 heteroatoms. The average molecular weight is 487 g/mol. The van der Waals surface area contributed by atoms with Crippen LogP contribution in [0.2, 0.25) is 0 Å². The molecule has 2 atom stereocenters. The normalized spacial score (nSPS) is 21.0. The number of halogens is 2. The summed E-state index contributed by atoms with van der Waals surface area (Å²) in [6, 6.07) is 16.5. The minimum atomic E-state index is -0.451. The predicted molar refractivity (Wildman–Crippen MR) is 133 cm³/mol. The lowest BCUT2D eigenvalue weighted by molar-refractivity contribution is 0.103. The lowest BCUT2D eigenvalue weighted by atomic mass is 10.1. The van der Waals surface area contributed by atoms with E-state index >= 15 is 0 Å². The van der Waals surface area contributed by atoms with Crippen molar-refractivity contribution in [3.8, 4) is 11.5 Å². The molecule has 172 valence electrons. The second-order valence-corrected chi connectivity index (χ2v) is 8.93. The minimum absolute atomic E-state index is 0. The second kappa shape index (κ2) is 12.7. The van der Waals surface area contributed by atoms with Crippen LogP contribution in [0.15, 0.2) is 53.4 Å². The number of ether oxygens (including phenoxy) is 2. The minimum Gasteiger partial charge on any atom is -0.497 e. The summed E-state index contributed by atoms with van der Waals surface area (Å²) in [6.45, 7) is 5.78. The van der Waals surface area contributed by atoms with Gasteiger partial charge in [0.25, 0.3) is 0 Å². The number of aliphatic hydroxyl groups excluding tert-OH is 1. The van der Waals surface area contributed by atoms with Gasteiger partial charge in [0.05, 0.1) is 12.0 Å². The van der Waals surface area contributed by atoms with Gasteiger partial charge in [0.15, 0.2) is 0 Å². The van der Waals surface area contributed by atoms with E-state index in [1.165, 1.54) is 5.69 Å². The van der Waals surface area contributed by atoms with Crippen LogP contribution < -0.4 is 14.4 Å². The first kappa shape index (κ1) is 25.9. The number of methoxy groups -OCH3 is 1. The summed E-state index contributed by atoms with van der Waals surface area (Å²) in [6.07, 6.45) is 1.61. The van der Waals surface area contributed by atoms with Gasteiger partial charge in [0.2, 0.25) is 0 Å². The van der Waals surface area contributed by atoms with E-state index in [0.29, 0.717) is 6.61 Å². The molecule has 0 bridgehead atoms. The van der Waals surface area contributed by atoms with Crippen LogP contribution in [0.5, 0.6) is 11.5 Å². The molecule has 0 saturated carbocycles. The van der Waals surface area contributed by atoms with Crippen LogP contribution in [0.4, 0.5) is 5.69 Å². The number of benzene rings is 2. The van der Waals surface area contributed by atoms with E-state index in [9.17, 15) is 5.11 Å². The number of para-hydroxylation sites is 1. The van der Waals surface area contributed by atoms with E-state index < -0.39 is 6.10 Å². The van der Waals surface area contributed by atoms with Crippen molar-refractivity contribution in [2.45, 2.75) is 29.1 Å². The summed E-state index contributed by atoms with van der Waals surface area (Å²) in [4.78, 5) is 6.06. The molecule has 1 N–H and O–H groups in total. The van der Waals surface area contributed by atoms with Crippen LogP contribution in [0.1, 0.15) is 12.8 Å². The fraction of sp³-hybridized carbons (Fsp3) is 0.478. The number of aliphatic hydroxyl groups is 1.